The fraction of sp³-hybridized carbons (Fsp3) is 0.0526. The summed E-state index contributed by atoms with van der Waals surface area (Å²) in [5, 5.41) is 9.32. The molecule has 6 heteroatoms. The van der Waals surface area contributed by atoms with Crippen LogP contribution >= 0.6 is 11.6 Å². The number of ketones is 1. The normalized spacial score (nSPS) is 17.8. The Labute approximate surface area is 147 Å². The Morgan fingerprint density at radius 1 is 0.880 bits per heavy atom. The van der Waals surface area contributed by atoms with Crippen molar-refractivity contribution in [3.05, 3.63) is 91.7 Å². The molecule has 25 heavy (non-hydrogen) atoms. The lowest BCUT2D eigenvalue weighted by molar-refractivity contribution is 0.103. The third kappa shape index (κ3) is 1.90. The number of halogens is 1. The number of hydrogen-bond donors (Lipinski definition) is 3. The van der Waals surface area contributed by atoms with Crippen molar-refractivity contribution in [3.8, 4) is 0 Å². The van der Waals surface area contributed by atoms with E-state index in [1.165, 1.54) is 0 Å². The Morgan fingerprint density at radius 2 is 1.60 bits per heavy atom. The molecular formula is C19H12ClN3O2. The van der Waals surface area contributed by atoms with E-state index in [1.807, 2.05) is 36.4 Å². The van der Waals surface area contributed by atoms with Crippen LogP contribution in [-0.4, -0.2) is 16.0 Å². The Morgan fingerprint density at radius 3 is 2.36 bits per heavy atom. The minimum atomic E-state index is -0.446. The van der Waals surface area contributed by atoms with Gasteiger partial charge in [-0.3, -0.25) is 19.8 Å². The van der Waals surface area contributed by atoms with Crippen LogP contribution < -0.4 is 10.9 Å². The van der Waals surface area contributed by atoms with Gasteiger partial charge in [-0.05, 0) is 17.7 Å². The second-order valence-electron chi connectivity index (χ2n) is 6.14. The minimum Gasteiger partial charge on any atom is -0.339 e. The van der Waals surface area contributed by atoms with Crippen LogP contribution in [0.5, 0.6) is 0 Å². The zero-order valence-electron chi connectivity index (χ0n) is 12.9. The summed E-state index contributed by atoms with van der Waals surface area (Å²) in [4.78, 5) is 25.5. The van der Waals surface area contributed by atoms with Gasteiger partial charge in [-0.25, -0.2) is 0 Å². The molecule has 0 bridgehead atoms. The average molecular weight is 350 g/mol. The van der Waals surface area contributed by atoms with Crippen LogP contribution in [0.1, 0.15) is 33.0 Å². The Kier molecular flexibility index (Phi) is 2.85. The monoisotopic (exact) mass is 349 g/mol. The van der Waals surface area contributed by atoms with Gasteiger partial charge >= 0.3 is 0 Å². The number of nitrogens with one attached hydrogen (secondary N) is 3. The molecule has 5 rings (SSSR count). The van der Waals surface area contributed by atoms with Crippen LogP contribution in [0.2, 0.25) is 5.02 Å². The highest BCUT2D eigenvalue weighted by Gasteiger charge is 2.41. The van der Waals surface area contributed by atoms with Crippen LogP contribution in [0.25, 0.3) is 5.70 Å². The Balaban J connectivity index is 1.80. The highest BCUT2D eigenvalue weighted by molar-refractivity contribution is 6.30. The van der Waals surface area contributed by atoms with E-state index in [1.54, 1.807) is 12.1 Å². The van der Waals surface area contributed by atoms with E-state index in [0.717, 1.165) is 16.8 Å². The molecule has 122 valence electrons. The number of aromatic amines is 2. The molecule has 1 aliphatic heterocycles. The van der Waals surface area contributed by atoms with Gasteiger partial charge in [0, 0.05) is 27.6 Å². The number of carbonyl (C=O) groups is 1. The van der Waals surface area contributed by atoms with Crippen molar-refractivity contribution in [2.24, 2.45) is 0 Å². The van der Waals surface area contributed by atoms with E-state index in [-0.39, 0.29) is 11.3 Å². The molecule has 0 fully saturated rings. The first-order valence-electron chi connectivity index (χ1n) is 7.86. The van der Waals surface area contributed by atoms with E-state index in [4.69, 9.17) is 11.6 Å². The summed E-state index contributed by atoms with van der Waals surface area (Å²) in [6, 6.07) is 14.7. The van der Waals surface area contributed by atoms with Gasteiger partial charge in [-0.2, -0.15) is 0 Å². The molecule has 0 spiro atoms. The molecule has 2 heterocycles. The predicted octanol–water partition coefficient (Wildman–Crippen LogP) is 3.52. The molecule has 3 N–H and O–H groups in total. The topological polar surface area (TPSA) is 77.8 Å². The van der Waals surface area contributed by atoms with E-state index in [2.05, 4.69) is 15.5 Å². The van der Waals surface area contributed by atoms with Gasteiger partial charge in [0.05, 0.1) is 11.3 Å². The van der Waals surface area contributed by atoms with Crippen molar-refractivity contribution in [2.45, 2.75) is 5.92 Å². The van der Waals surface area contributed by atoms with Crippen LogP contribution in [-0.2, 0) is 0 Å². The standard InChI is InChI=1S/C19H12ClN3O2/c20-10-7-5-9(6-8-10)13-14-16(21-18-15(13)19(25)23-22-18)11-3-1-2-4-12(11)17(14)24/h1-8,13H,(H3,21,22,23,25). The lowest BCUT2D eigenvalue weighted by Crippen LogP contribution is -2.23. The zero-order valence-corrected chi connectivity index (χ0v) is 13.6. The largest absolute Gasteiger partial charge is 0.339 e. The number of rotatable bonds is 1. The highest BCUT2D eigenvalue weighted by Crippen LogP contribution is 2.47. The van der Waals surface area contributed by atoms with Crippen molar-refractivity contribution in [1.29, 1.82) is 0 Å². The SMILES string of the molecule is O=C1C2=C(Nc3[nH][nH]c(=O)c3C2c2ccc(Cl)cc2)c2ccccc21. The molecule has 0 saturated carbocycles. The molecule has 1 atom stereocenters. The summed E-state index contributed by atoms with van der Waals surface area (Å²) in [6.07, 6.45) is 0. The van der Waals surface area contributed by atoms with Gasteiger partial charge in [-0.15, -0.1) is 0 Å². The second-order valence-corrected chi connectivity index (χ2v) is 6.58. The van der Waals surface area contributed by atoms with Crippen molar-refractivity contribution in [1.82, 2.24) is 10.2 Å². The Bertz CT molecular complexity index is 1120. The third-order valence-electron chi connectivity index (χ3n) is 4.80. The van der Waals surface area contributed by atoms with Crippen molar-refractivity contribution >= 4 is 28.9 Å². The number of benzene rings is 2. The molecule has 5 nitrogen and oxygen atoms in total. The van der Waals surface area contributed by atoms with Crippen molar-refractivity contribution in [2.75, 3.05) is 5.32 Å². The molecular weight excluding hydrogens is 338 g/mol. The number of anilines is 1. The van der Waals surface area contributed by atoms with Gasteiger partial charge in [0.25, 0.3) is 5.56 Å². The molecule has 1 unspecified atom stereocenters. The first kappa shape index (κ1) is 14.3. The third-order valence-corrected chi connectivity index (χ3v) is 5.05. The Hall–Kier alpha value is -3.05. The lowest BCUT2D eigenvalue weighted by Gasteiger charge is -2.25. The number of allylic oxidation sites excluding steroid dienone is 1. The minimum absolute atomic E-state index is 0.0516. The van der Waals surface area contributed by atoms with Gasteiger partial charge in [0.2, 0.25) is 0 Å². The fourth-order valence-corrected chi connectivity index (χ4v) is 3.84. The number of aromatic nitrogens is 2. The van der Waals surface area contributed by atoms with Gasteiger partial charge in [0.1, 0.15) is 5.82 Å². The summed E-state index contributed by atoms with van der Waals surface area (Å²) >= 11 is 6.01. The van der Waals surface area contributed by atoms with Crippen LogP contribution in [0.3, 0.4) is 0 Å². The maximum Gasteiger partial charge on any atom is 0.270 e. The summed E-state index contributed by atoms with van der Waals surface area (Å²) in [5.41, 5.74) is 3.99. The molecule has 2 aromatic carbocycles. The highest BCUT2D eigenvalue weighted by atomic mass is 35.5. The van der Waals surface area contributed by atoms with Crippen LogP contribution in [0.15, 0.2) is 58.9 Å². The number of fused-ring (bicyclic) bond motifs is 3. The molecule has 0 amide bonds. The molecule has 1 aliphatic carbocycles. The van der Waals surface area contributed by atoms with Crippen LogP contribution in [0.4, 0.5) is 5.82 Å². The van der Waals surface area contributed by atoms with Gasteiger partial charge < -0.3 is 5.32 Å². The summed E-state index contributed by atoms with van der Waals surface area (Å²) < 4.78 is 0. The van der Waals surface area contributed by atoms with E-state index < -0.39 is 5.92 Å². The second kappa shape index (κ2) is 4.97. The quantitative estimate of drug-likeness (QED) is 0.629. The number of carbonyl (C=O) groups excluding carboxylic acids is 1. The van der Waals surface area contributed by atoms with Crippen molar-refractivity contribution in [3.63, 3.8) is 0 Å². The first-order chi connectivity index (χ1) is 12.1. The maximum absolute atomic E-state index is 13.1. The predicted molar refractivity (Wildman–Crippen MR) is 96.0 cm³/mol. The fourth-order valence-electron chi connectivity index (χ4n) is 3.71. The van der Waals surface area contributed by atoms with E-state index in [0.29, 0.717) is 27.5 Å². The van der Waals surface area contributed by atoms with E-state index in [9.17, 15) is 9.59 Å². The summed E-state index contributed by atoms with van der Waals surface area (Å²) in [7, 11) is 0. The number of Topliss-reactive ketones (excluding diaryl/α,β-unsaturated/α-hetero) is 1. The first-order valence-corrected chi connectivity index (χ1v) is 8.24. The summed E-state index contributed by atoms with van der Waals surface area (Å²) in [6.45, 7) is 0. The molecule has 0 saturated heterocycles. The lowest BCUT2D eigenvalue weighted by atomic mass is 9.82. The zero-order chi connectivity index (χ0) is 17.1. The van der Waals surface area contributed by atoms with E-state index >= 15 is 0 Å². The molecule has 3 aromatic rings. The number of H-pyrrole nitrogens is 2. The number of hydrogen-bond acceptors (Lipinski definition) is 3. The average Bonchev–Trinajstić information content (AvgIpc) is 3.14. The van der Waals surface area contributed by atoms with Gasteiger partial charge in [-0.1, -0.05) is 48.0 Å². The molecule has 1 aromatic heterocycles. The van der Waals surface area contributed by atoms with Crippen LogP contribution in [0, 0.1) is 0 Å². The smallest absolute Gasteiger partial charge is 0.270 e. The molecule has 0 radical (unpaired) electrons. The molecule has 2 aliphatic rings. The van der Waals surface area contributed by atoms with Gasteiger partial charge in [0.15, 0.2) is 5.78 Å². The summed E-state index contributed by atoms with van der Waals surface area (Å²) in [5.74, 6) is 0.0934. The maximum atomic E-state index is 13.1. The van der Waals surface area contributed by atoms with Crippen molar-refractivity contribution < 1.29 is 4.79 Å².